The highest BCUT2D eigenvalue weighted by molar-refractivity contribution is 6.01. The number of carbonyl (C=O) groups excluding carboxylic acids is 1. The minimum atomic E-state index is -0.251. The van der Waals surface area contributed by atoms with Crippen molar-refractivity contribution in [1.29, 1.82) is 0 Å². The van der Waals surface area contributed by atoms with Crippen LogP contribution in [0.2, 0.25) is 0 Å². The Bertz CT molecular complexity index is 1430. The fourth-order valence-electron chi connectivity index (χ4n) is 7.66. The first-order valence-electron chi connectivity index (χ1n) is 20.8. The molecule has 2 aromatic rings. The van der Waals surface area contributed by atoms with Crippen LogP contribution in [0.3, 0.4) is 0 Å². The summed E-state index contributed by atoms with van der Waals surface area (Å²) in [6.45, 7) is 15.3. The zero-order valence-corrected chi connectivity index (χ0v) is 32.8. The Morgan fingerprint density at radius 1 is 0.686 bits per heavy atom. The van der Waals surface area contributed by atoms with E-state index in [4.69, 9.17) is 9.47 Å². The number of hydrogen-bond donors (Lipinski definition) is 0. The summed E-state index contributed by atoms with van der Waals surface area (Å²) in [6.07, 6.45) is 27.9. The van der Waals surface area contributed by atoms with Crippen molar-refractivity contribution < 1.29 is 14.3 Å². The lowest BCUT2D eigenvalue weighted by Crippen LogP contribution is -2.34. The maximum atomic E-state index is 13.7. The number of esters is 1. The molecule has 2 aromatic carbocycles. The van der Waals surface area contributed by atoms with Gasteiger partial charge < -0.3 is 14.4 Å². The molecule has 1 aliphatic carbocycles. The summed E-state index contributed by atoms with van der Waals surface area (Å²) >= 11 is 0. The molecule has 51 heavy (non-hydrogen) atoms. The van der Waals surface area contributed by atoms with Crippen LogP contribution in [0.1, 0.15) is 159 Å². The molecule has 0 fully saturated rings. The van der Waals surface area contributed by atoms with E-state index >= 15 is 0 Å². The number of rotatable bonds is 25. The van der Waals surface area contributed by atoms with Crippen LogP contribution in [-0.4, -0.2) is 49.7 Å². The number of benzene rings is 2. The van der Waals surface area contributed by atoms with Gasteiger partial charge in [-0.05, 0) is 63.2 Å². The Labute approximate surface area is 311 Å². The third-order valence-corrected chi connectivity index (χ3v) is 10.8. The molecule has 5 heteroatoms. The van der Waals surface area contributed by atoms with Crippen LogP contribution in [0.4, 0.5) is 5.69 Å². The normalized spacial score (nSPS) is 15.0. The van der Waals surface area contributed by atoms with E-state index in [2.05, 4.69) is 86.9 Å². The zero-order chi connectivity index (χ0) is 36.3. The van der Waals surface area contributed by atoms with Crippen molar-refractivity contribution in [3.05, 3.63) is 88.7 Å². The van der Waals surface area contributed by atoms with Crippen molar-refractivity contribution >= 4 is 17.2 Å². The van der Waals surface area contributed by atoms with Gasteiger partial charge in [0.15, 0.2) is 0 Å². The summed E-state index contributed by atoms with van der Waals surface area (Å²) in [4.78, 5) is 18.4. The molecule has 4 rings (SSSR count). The Hall–Kier alpha value is -3.31. The molecule has 1 heterocycles. The van der Waals surface area contributed by atoms with Gasteiger partial charge in [0.1, 0.15) is 11.5 Å². The van der Waals surface area contributed by atoms with Crippen molar-refractivity contribution in [1.82, 2.24) is 4.90 Å². The fraction of sp³-hybridized carbons (Fsp3) is 0.587. The molecule has 1 aliphatic heterocycles. The fourth-order valence-corrected chi connectivity index (χ4v) is 7.66. The van der Waals surface area contributed by atoms with E-state index < -0.39 is 0 Å². The lowest BCUT2D eigenvalue weighted by atomic mass is 9.85. The lowest BCUT2D eigenvalue weighted by molar-refractivity contribution is 0.0497. The van der Waals surface area contributed by atoms with E-state index in [1.54, 1.807) is 0 Å². The van der Waals surface area contributed by atoms with Crippen molar-refractivity contribution in [3.8, 4) is 5.75 Å². The van der Waals surface area contributed by atoms with Crippen LogP contribution in [0.15, 0.2) is 72.0 Å². The predicted octanol–water partition coefficient (Wildman–Crippen LogP) is 12.3. The van der Waals surface area contributed by atoms with Gasteiger partial charge in [-0.3, -0.25) is 4.90 Å². The monoisotopic (exact) mass is 697 g/mol. The van der Waals surface area contributed by atoms with Gasteiger partial charge in [-0.15, -0.1) is 0 Å². The van der Waals surface area contributed by atoms with E-state index in [1.165, 1.54) is 89.9 Å². The van der Waals surface area contributed by atoms with E-state index in [0.717, 1.165) is 78.5 Å². The largest absolute Gasteiger partial charge is 0.462 e. The molecule has 1 atom stereocenters. The maximum absolute atomic E-state index is 13.7. The highest BCUT2D eigenvalue weighted by Crippen LogP contribution is 2.45. The number of fused-ring (bicyclic) bond motifs is 2. The van der Waals surface area contributed by atoms with Gasteiger partial charge in [0, 0.05) is 41.6 Å². The van der Waals surface area contributed by atoms with Crippen LogP contribution in [0.25, 0.3) is 5.57 Å². The van der Waals surface area contributed by atoms with Gasteiger partial charge in [0.2, 0.25) is 0 Å². The second-order valence-corrected chi connectivity index (χ2v) is 14.3. The molecule has 0 N–H and O–H groups in total. The van der Waals surface area contributed by atoms with Crippen molar-refractivity contribution in [2.75, 3.05) is 37.7 Å². The number of carbonyl (C=O) groups is 1. The third kappa shape index (κ3) is 11.9. The zero-order valence-electron chi connectivity index (χ0n) is 32.8. The molecular formula is C46H68N2O3. The first kappa shape index (κ1) is 40.5. The van der Waals surface area contributed by atoms with Gasteiger partial charge >= 0.3 is 5.97 Å². The lowest BCUT2D eigenvalue weighted by Gasteiger charge is -2.33. The molecule has 0 amide bonds. The highest BCUT2D eigenvalue weighted by atomic mass is 16.5. The number of nitrogens with zero attached hydrogens (tertiary/aromatic N) is 2. The average molecular weight is 697 g/mol. The molecule has 5 nitrogen and oxygen atoms in total. The Morgan fingerprint density at radius 3 is 1.86 bits per heavy atom. The van der Waals surface area contributed by atoms with Gasteiger partial charge in [0.05, 0.1) is 18.2 Å². The molecule has 280 valence electrons. The van der Waals surface area contributed by atoms with Crippen molar-refractivity contribution in [3.63, 3.8) is 0 Å². The van der Waals surface area contributed by atoms with Gasteiger partial charge in [-0.2, -0.15) is 0 Å². The summed E-state index contributed by atoms with van der Waals surface area (Å²) in [5, 5.41) is 0. The first-order chi connectivity index (χ1) is 25.1. The SMILES string of the molecule is CCCCCCCCCCCCCCCCCCOC(=O)c1ccccc1C1=C2C=CC(N(CC)CC)C=C2Oc2cc(N(CC)CC)ccc21. The Balaban J connectivity index is 1.33. The molecule has 0 aromatic heterocycles. The first-order valence-corrected chi connectivity index (χ1v) is 20.8. The number of unbranched alkanes of at least 4 members (excludes halogenated alkanes) is 15. The topological polar surface area (TPSA) is 42.0 Å². The molecule has 0 spiro atoms. The third-order valence-electron chi connectivity index (χ3n) is 10.8. The smallest absolute Gasteiger partial charge is 0.338 e. The average Bonchev–Trinajstić information content (AvgIpc) is 3.16. The standard InChI is InChI=1S/C46H68N2O3/c1-6-11-12-13-14-15-16-17-18-19-20-21-22-23-24-27-34-50-46(49)40-29-26-25-28-39(40)45-41-32-30-37(47(7-2)8-3)35-43(41)51-44-36-38(31-33-42(44)45)48(9-4)10-5/h25-26,28-33,35-37H,6-24,27,34H2,1-5H3. The van der Waals surface area contributed by atoms with E-state index in [0.29, 0.717) is 12.2 Å². The number of hydrogen-bond acceptors (Lipinski definition) is 5. The Kier molecular flexibility index (Phi) is 17.9. The van der Waals surface area contributed by atoms with E-state index in [-0.39, 0.29) is 12.0 Å². The minimum Gasteiger partial charge on any atom is -0.462 e. The number of ether oxygens (including phenoxy) is 2. The van der Waals surface area contributed by atoms with Crippen LogP contribution < -0.4 is 9.64 Å². The number of allylic oxidation sites excluding steroid dienone is 1. The minimum absolute atomic E-state index is 0.160. The molecule has 0 radical (unpaired) electrons. The summed E-state index contributed by atoms with van der Waals surface area (Å²) in [5.41, 5.74) is 5.68. The van der Waals surface area contributed by atoms with Gasteiger partial charge in [-0.1, -0.05) is 147 Å². The molecular weight excluding hydrogens is 629 g/mol. The molecule has 0 saturated carbocycles. The highest BCUT2D eigenvalue weighted by Gasteiger charge is 2.31. The predicted molar refractivity (Wildman–Crippen MR) is 217 cm³/mol. The molecule has 0 bridgehead atoms. The summed E-state index contributed by atoms with van der Waals surface area (Å²) in [6, 6.07) is 14.6. The molecule has 2 aliphatic rings. The summed E-state index contributed by atoms with van der Waals surface area (Å²) in [7, 11) is 0. The van der Waals surface area contributed by atoms with E-state index in [1.807, 2.05) is 18.2 Å². The second-order valence-electron chi connectivity index (χ2n) is 14.3. The van der Waals surface area contributed by atoms with Crippen LogP contribution in [0.5, 0.6) is 5.75 Å². The van der Waals surface area contributed by atoms with Crippen molar-refractivity contribution in [2.45, 2.75) is 143 Å². The molecule has 0 saturated heterocycles. The van der Waals surface area contributed by atoms with Gasteiger partial charge in [-0.25, -0.2) is 4.79 Å². The molecule has 1 unspecified atom stereocenters. The quantitative estimate of drug-likeness (QED) is 0.0763. The number of likely N-dealkylation sites (N-methyl/N-ethyl adjacent to an activating group) is 1. The summed E-state index contributed by atoms with van der Waals surface area (Å²) < 4.78 is 12.6. The Morgan fingerprint density at radius 2 is 1.27 bits per heavy atom. The second kappa shape index (κ2) is 22.6. The van der Waals surface area contributed by atoms with Gasteiger partial charge in [0.25, 0.3) is 0 Å². The van der Waals surface area contributed by atoms with Crippen LogP contribution in [-0.2, 0) is 4.74 Å². The van der Waals surface area contributed by atoms with E-state index in [9.17, 15) is 4.79 Å². The summed E-state index contributed by atoms with van der Waals surface area (Å²) in [5.74, 6) is 1.43. The van der Waals surface area contributed by atoms with Crippen LogP contribution >= 0.6 is 0 Å². The van der Waals surface area contributed by atoms with Crippen molar-refractivity contribution in [2.24, 2.45) is 0 Å². The maximum Gasteiger partial charge on any atom is 0.338 e. The van der Waals surface area contributed by atoms with Crippen LogP contribution in [0, 0.1) is 0 Å². The number of anilines is 1.